The number of ether oxygens (including phenoxy) is 1. The van der Waals surface area contributed by atoms with Gasteiger partial charge in [-0.05, 0) is 33.7 Å². The predicted octanol–water partition coefficient (Wildman–Crippen LogP) is 1.09. The fourth-order valence-electron chi connectivity index (χ4n) is 2.58. The van der Waals surface area contributed by atoms with Gasteiger partial charge in [-0.1, -0.05) is 0 Å². The number of aryl methyl sites for hydroxylation is 2. The molecule has 1 saturated heterocycles. The minimum atomic E-state index is -0.00954. The number of carbonyl (C=O) groups is 1. The summed E-state index contributed by atoms with van der Waals surface area (Å²) in [6.45, 7) is 5.87. The largest absolute Gasteiger partial charge is 0.377 e. The van der Waals surface area contributed by atoms with Crippen LogP contribution in [0.3, 0.4) is 0 Å². The lowest BCUT2D eigenvalue weighted by molar-refractivity contribution is -0.117. The number of aromatic nitrogens is 2. The monoisotopic (exact) mass is 280 g/mol. The van der Waals surface area contributed by atoms with Gasteiger partial charge in [0.15, 0.2) is 0 Å². The summed E-state index contributed by atoms with van der Waals surface area (Å²) in [6.07, 6.45) is 2.49. The Morgan fingerprint density at radius 3 is 2.85 bits per heavy atom. The smallest absolute Gasteiger partial charge is 0.238 e. The first kappa shape index (κ1) is 15.0. The van der Waals surface area contributed by atoms with Gasteiger partial charge in [0.1, 0.15) is 0 Å². The van der Waals surface area contributed by atoms with Gasteiger partial charge < -0.3 is 10.1 Å². The average Bonchev–Trinajstić information content (AvgIpc) is 2.94. The fourth-order valence-corrected chi connectivity index (χ4v) is 2.58. The van der Waals surface area contributed by atoms with Crippen LogP contribution in [0.5, 0.6) is 0 Å². The van der Waals surface area contributed by atoms with Gasteiger partial charge in [0.25, 0.3) is 0 Å². The van der Waals surface area contributed by atoms with Crippen molar-refractivity contribution in [2.45, 2.75) is 32.8 Å². The molecular weight excluding hydrogens is 256 g/mol. The van der Waals surface area contributed by atoms with Crippen LogP contribution >= 0.6 is 0 Å². The van der Waals surface area contributed by atoms with E-state index in [0.29, 0.717) is 6.54 Å². The van der Waals surface area contributed by atoms with Gasteiger partial charge >= 0.3 is 0 Å². The van der Waals surface area contributed by atoms with Crippen LogP contribution in [0.4, 0.5) is 5.69 Å². The summed E-state index contributed by atoms with van der Waals surface area (Å²) in [5, 5.41) is 7.24. The highest BCUT2D eigenvalue weighted by Gasteiger charge is 2.19. The van der Waals surface area contributed by atoms with E-state index in [9.17, 15) is 4.79 Å². The molecule has 112 valence electrons. The number of hydrogen-bond acceptors (Lipinski definition) is 4. The molecular formula is C14H24N4O2. The Balaban J connectivity index is 1.85. The SMILES string of the molecule is Cc1nn(C)c(C)c1NC(=O)CN(C)C[C@H]1CCCO1. The van der Waals surface area contributed by atoms with Crippen molar-refractivity contribution >= 4 is 11.6 Å². The maximum Gasteiger partial charge on any atom is 0.238 e. The minimum absolute atomic E-state index is 0.00954. The standard InChI is InChI=1S/C14H24N4O2/c1-10-14(11(2)18(4)16-10)15-13(19)9-17(3)8-12-6-5-7-20-12/h12H,5-9H2,1-4H3,(H,15,19)/t12-/m1/s1. The van der Waals surface area contributed by atoms with E-state index in [-0.39, 0.29) is 12.0 Å². The number of anilines is 1. The molecule has 0 aromatic carbocycles. The van der Waals surface area contributed by atoms with Gasteiger partial charge in [0.2, 0.25) is 5.91 Å². The molecule has 0 radical (unpaired) electrons. The molecule has 1 atom stereocenters. The molecule has 0 aliphatic carbocycles. The van der Waals surface area contributed by atoms with Crippen LogP contribution in [0, 0.1) is 13.8 Å². The number of likely N-dealkylation sites (N-methyl/N-ethyl adjacent to an activating group) is 1. The third kappa shape index (κ3) is 3.58. The van der Waals surface area contributed by atoms with Crippen molar-refractivity contribution in [3.8, 4) is 0 Å². The molecule has 0 unspecified atom stereocenters. The quantitative estimate of drug-likeness (QED) is 0.877. The van der Waals surface area contributed by atoms with E-state index in [0.717, 1.165) is 43.1 Å². The van der Waals surface area contributed by atoms with Crippen LogP contribution < -0.4 is 5.32 Å². The van der Waals surface area contributed by atoms with Crippen LogP contribution in [0.2, 0.25) is 0 Å². The van der Waals surface area contributed by atoms with E-state index in [1.54, 1.807) is 4.68 Å². The van der Waals surface area contributed by atoms with Crippen molar-refractivity contribution in [2.24, 2.45) is 7.05 Å². The van der Waals surface area contributed by atoms with E-state index < -0.39 is 0 Å². The number of rotatable bonds is 5. The second-order valence-electron chi connectivity index (χ2n) is 5.55. The fraction of sp³-hybridized carbons (Fsp3) is 0.714. The van der Waals surface area contributed by atoms with Gasteiger partial charge in [0, 0.05) is 20.2 Å². The molecule has 1 aromatic rings. The predicted molar refractivity (Wildman–Crippen MR) is 77.8 cm³/mol. The third-order valence-electron chi connectivity index (χ3n) is 3.73. The average molecular weight is 280 g/mol. The maximum absolute atomic E-state index is 12.1. The summed E-state index contributed by atoms with van der Waals surface area (Å²) < 4.78 is 7.36. The van der Waals surface area contributed by atoms with Crippen molar-refractivity contribution in [3.63, 3.8) is 0 Å². The molecule has 0 saturated carbocycles. The second-order valence-corrected chi connectivity index (χ2v) is 5.55. The Bertz CT molecular complexity index is 478. The van der Waals surface area contributed by atoms with Crippen LogP contribution in [0.25, 0.3) is 0 Å². The lowest BCUT2D eigenvalue weighted by Crippen LogP contribution is -2.35. The zero-order chi connectivity index (χ0) is 14.7. The van der Waals surface area contributed by atoms with Crippen molar-refractivity contribution in [1.82, 2.24) is 14.7 Å². The van der Waals surface area contributed by atoms with Crippen LogP contribution in [-0.2, 0) is 16.6 Å². The summed E-state index contributed by atoms with van der Waals surface area (Å²) in [5.74, 6) is -0.00954. The van der Waals surface area contributed by atoms with E-state index >= 15 is 0 Å². The maximum atomic E-state index is 12.1. The van der Waals surface area contributed by atoms with Gasteiger partial charge in [-0.2, -0.15) is 5.10 Å². The zero-order valence-electron chi connectivity index (χ0n) is 12.8. The normalized spacial score (nSPS) is 18.8. The number of carbonyl (C=O) groups excluding carboxylic acids is 1. The van der Waals surface area contributed by atoms with E-state index in [4.69, 9.17) is 4.74 Å². The molecule has 1 fully saturated rings. The first-order valence-electron chi connectivity index (χ1n) is 7.07. The van der Waals surface area contributed by atoms with Crippen LogP contribution in [0.1, 0.15) is 24.2 Å². The molecule has 20 heavy (non-hydrogen) atoms. The van der Waals surface area contributed by atoms with Crippen molar-refractivity contribution in [2.75, 3.05) is 32.1 Å². The van der Waals surface area contributed by atoms with Crippen LogP contribution in [0.15, 0.2) is 0 Å². The first-order valence-corrected chi connectivity index (χ1v) is 7.07. The van der Waals surface area contributed by atoms with Crippen molar-refractivity contribution in [1.29, 1.82) is 0 Å². The summed E-state index contributed by atoms with van der Waals surface area (Å²) in [4.78, 5) is 14.1. The topological polar surface area (TPSA) is 59.4 Å². The lowest BCUT2D eigenvalue weighted by Gasteiger charge is -2.19. The molecule has 2 heterocycles. The van der Waals surface area contributed by atoms with E-state index in [2.05, 4.69) is 10.4 Å². The first-order chi connectivity index (χ1) is 9.47. The number of amides is 1. The van der Waals surface area contributed by atoms with E-state index in [1.807, 2.05) is 32.8 Å². The molecule has 6 heteroatoms. The number of hydrogen-bond donors (Lipinski definition) is 1. The van der Waals surface area contributed by atoms with Gasteiger partial charge in [0.05, 0.1) is 29.7 Å². The summed E-state index contributed by atoms with van der Waals surface area (Å²) in [7, 11) is 3.83. The van der Waals surface area contributed by atoms with Crippen molar-refractivity contribution in [3.05, 3.63) is 11.4 Å². The minimum Gasteiger partial charge on any atom is -0.377 e. The molecule has 1 aliphatic rings. The van der Waals surface area contributed by atoms with Crippen molar-refractivity contribution < 1.29 is 9.53 Å². The van der Waals surface area contributed by atoms with Gasteiger partial charge in [-0.15, -0.1) is 0 Å². The van der Waals surface area contributed by atoms with Gasteiger partial charge in [-0.25, -0.2) is 0 Å². The molecule has 6 nitrogen and oxygen atoms in total. The molecule has 1 aromatic heterocycles. The third-order valence-corrected chi connectivity index (χ3v) is 3.73. The zero-order valence-corrected chi connectivity index (χ0v) is 12.8. The van der Waals surface area contributed by atoms with E-state index in [1.165, 1.54) is 0 Å². The Kier molecular flexibility index (Phi) is 4.77. The Hall–Kier alpha value is -1.40. The molecule has 0 spiro atoms. The molecule has 0 bridgehead atoms. The molecule has 1 N–H and O–H groups in total. The number of nitrogens with zero attached hydrogens (tertiary/aromatic N) is 3. The highest BCUT2D eigenvalue weighted by molar-refractivity contribution is 5.93. The Labute approximate surface area is 120 Å². The Morgan fingerprint density at radius 2 is 2.30 bits per heavy atom. The summed E-state index contributed by atoms with van der Waals surface area (Å²) in [5.41, 5.74) is 2.64. The Morgan fingerprint density at radius 1 is 1.55 bits per heavy atom. The highest BCUT2D eigenvalue weighted by atomic mass is 16.5. The highest BCUT2D eigenvalue weighted by Crippen LogP contribution is 2.18. The molecule has 1 amide bonds. The lowest BCUT2D eigenvalue weighted by atomic mass is 10.2. The summed E-state index contributed by atoms with van der Waals surface area (Å²) >= 11 is 0. The summed E-state index contributed by atoms with van der Waals surface area (Å²) in [6, 6.07) is 0. The van der Waals surface area contributed by atoms with Crippen LogP contribution in [-0.4, -0.2) is 53.4 Å². The second kappa shape index (κ2) is 6.37. The number of nitrogens with one attached hydrogen (secondary N) is 1. The van der Waals surface area contributed by atoms with Gasteiger partial charge in [-0.3, -0.25) is 14.4 Å². The molecule has 1 aliphatic heterocycles. The molecule has 2 rings (SSSR count).